The van der Waals surface area contributed by atoms with Crippen molar-refractivity contribution >= 4 is 17.6 Å². The lowest BCUT2D eigenvalue weighted by Crippen LogP contribution is -2.49. The lowest BCUT2D eigenvalue weighted by atomic mass is 10.1. The Hall–Kier alpha value is -2.76. The van der Waals surface area contributed by atoms with Gasteiger partial charge in [-0.15, -0.1) is 0 Å². The number of carbonyl (C=O) groups is 2. The van der Waals surface area contributed by atoms with Crippen LogP contribution in [0.5, 0.6) is 0 Å². The fourth-order valence-corrected chi connectivity index (χ4v) is 3.48. The minimum Gasteiger partial charge on any atom is -0.465 e. The zero-order valence-corrected chi connectivity index (χ0v) is 15.5. The summed E-state index contributed by atoms with van der Waals surface area (Å²) in [6.07, 6.45) is 0.639. The largest absolute Gasteiger partial charge is 0.465 e. The Balaban J connectivity index is 1.75. The van der Waals surface area contributed by atoms with Crippen LogP contribution in [0.2, 0.25) is 0 Å². The zero-order chi connectivity index (χ0) is 18.7. The summed E-state index contributed by atoms with van der Waals surface area (Å²) in [5.41, 5.74) is 3.58. The number of nitrogens with zero attached hydrogens (tertiary/aromatic N) is 2. The van der Waals surface area contributed by atoms with Crippen molar-refractivity contribution in [2.24, 2.45) is 0 Å². The molecule has 2 heterocycles. The number of aryl methyl sites for hydroxylation is 1. The van der Waals surface area contributed by atoms with E-state index in [-0.39, 0.29) is 5.91 Å². The van der Waals surface area contributed by atoms with E-state index in [0.717, 1.165) is 18.8 Å². The Morgan fingerprint density at radius 3 is 2.35 bits per heavy atom. The number of aromatic amines is 1. The summed E-state index contributed by atoms with van der Waals surface area (Å²) in [4.78, 5) is 32.3. The molecule has 6 nitrogen and oxygen atoms in total. The van der Waals surface area contributed by atoms with Crippen molar-refractivity contribution in [2.75, 3.05) is 38.2 Å². The number of ether oxygens (including phenoxy) is 1. The second-order valence-electron chi connectivity index (χ2n) is 6.44. The minimum atomic E-state index is -0.399. The zero-order valence-electron chi connectivity index (χ0n) is 15.5. The van der Waals surface area contributed by atoms with Gasteiger partial charge in [-0.2, -0.15) is 0 Å². The van der Waals surface area contributed by atoms with E-state index in [0.29, 0.717) is 36.3 Å². The number of benzene rings is 1. The van der Waals surface area contributed by atoms with Gasteiger partial charge in [0.1, 0.15) is 5.69 Å². The second kappa shape index (κ2) is 7.64. The third kappa shape index (κ3) is 3.31. The van der Waals surface area contributed by atoms with Gasteiger partial charge in [0.05, 0.1) is 12.7 Å². The van der Waals surface area contributed by atoms with Crippen LogP contribution in [0.25, 0.3) is 0 Å². The van der Waals surface area contributed by atoms with Gasteiger partial charge in [0.15, 0.2) is 0 Å². The van der Waals surface area contributed by atoms with E-state index in [4.69, 9.17) is 4.74 Å². The van der Waals surface area contributed by atoms with Gasteiger partial charge in [0.2, 0.25) is 0 Å². The first-order chi connectivity index (χ1) is 12.6. The second-order valence-corrected chi connectivity index (χ2v) is 6.44. The molecule has 1 fully saturated rings. The third-order valence-electron chi connectivity index (χ3n) is 4.97. The van der Waals surface area contributed by atoms with Crippen molar-refractivity contribution in [3.05, 3.63) is 52.8 Å². The van der Waals surface area contributed by atoms with E-state index in [1.807, 2.05) is 30.0 Å². The maximum absolute atomic E-state index is 13.0. The molecule has 1 aliphatic rings. The number of esters is 1. The SMILES string of the molecule is CCc1[nH]c(C(=O)N2CCN(c3ccccc3)CC2)c(C)c1C(=O)OC. The van der Waals surface area contributed by atoms with Gasteiger partial charge in [-0.3, -0.25) is 4.79 Å². The number of carbonyl (C=O) groups excluding carboxylic acids is 2. The average molecular weight is 355 g/mol. The van der Waals surface area contributed by atoms with E-state index in [9.17, 15) is 9.59 Å². The van der Waals surface area contributed by atoms with E-state index in [1.54, 1.807) is 6.92 Å². The van der Waals surface area contributed by atoms with Crippen molar-refractivity contribution in [3.63, 3.8) is 0 Å². The van der Waals surface area contributed by atoms with Crippen LogP contribution < -0.4 is 4.90 Å². The first kappa shape index (κ1) is 18.0. The monoisotopic (exact) mass is 355 g/mol. The Labute approximate surface area is 153 Å². The van der Waals surface area contributed by atoms with Crippen molar-refractivity contribution in [1.82, 2.24) is 9.88 Å². The van der Waals surface area contributed by atoms with Crippen LogP contribution in [-0.2, 0) is 11.2 Å². The Morgan fingerprint density at radius 2 is 1.77 bits per heavy atom. The molecular formula is C20H25N3O3. The molecular weight excluding hydrogens is 330 g/mol. The standard InChI is InChI=1S/C20H25N3O3/c1-4-16-17(20(25)26-3)14(2)18(21-16)19(24)23-12-10-22(11-13-23)15-8-6-5-7-9-15/h5-9,21H,4,10-13H2,1-3H3. The molecule has 26 heavy (non-hydrogen) atoms. The molecule has 0 atom stereocenters. The van der Waals surface area contributed by atoms with Crippen LogP contribution in [-0.4, -0.2) is 55.0 Å². The van der Waals surface area contributed by atoms with Gasteiger partial charge < -0.3 is 19.5 Å². The summed E-state index contributed by atoms with van der Waals surface area (Å²) in [6, 6.07) is 10.2. The Kier molecular flexibility index (Phi) is 5.30. The van der Waals surface area contributed by atoms with E-state index in [1.165, 1.54) is 12.8 Å². The molecule has 0 saturated carbocycles. The van der Waals surface area contributed by atoms with E-state index >= 15 is 0 Å². The highest BCUT2D eigenvalue weighted by Crippen LogP contribution is 2.23. The quantitative estimate of drug-likeness (QED) is 0.857. The summed E-state index contributed by atoms with van der Waals surface area (Å²) >= 11 is 0. The Bertz CT molecular complexity index is 790. The first-order valence-electron chi connectivity index (χ1n) is 8.95. The molecule has 0 unspecified atom stereocenters. The number of methoxy groups -OCH3 is 1. The average Bonchev–Trinajstić information content (AvgIpc) is 3.04. The van der Waals surface area contributed by atoms with E-state index in [2.05, 4.69) is 22.0 Å². The maximum atomic E-state index is 13.0. The van der Waals surface area contributed by atoms with Gasteiger partial charge in [-0.05, 0) is 31.0 Å². The van der Waals surface area contributed by atoms with Crippen LogP contribution in [0.4, 0.5) is 5.69 Å². The number of hydrogen-bond acceptors (Lipinski definition) is 4. The van der Waals surface area contributed by atoms with Crippen molar-refractivity contribution < 1.29 is 14.3 Å². The predicted octanol–water partition coefficient (Wildman–Crippen LogP) is 2.63. The summed E-state index contributed by atoms with van der Waals surface area (Å²) in [6.45, 7) is 6.64. The van der Waals surface area contributed by atoms with Gasteiger partial charge in [0.25, 0.3) is 5.91 Å². The van der Waals surface area contributed by atoms with E-state index < -0.39 is 5.97 Å². The number of para-hydroxylation sites is 1. The number of piperazine rings is 1. The molecule has 1 saturated heterocycles. The van der Waals surface area contributed by atoms with Gasteiger partial charge in [-0.1, -0.05) is 25.1 Å². The molecule has 1 aromatic heterocycles. The van der Waals surface area contributed by atoms with Gasteiger partial charge in [-0.25, -0.2) is 4.79 Å². The normalized spacial score (nSPS) is 14.4. The van der Waals surface area contributed by atoms with Crippen LogP contribution in [0.3, 0.4) is 0 Å². The first-order valence-corrected chi connectivity index (χ1v) is 8.95. The minimum absolute atomic E-state index is 0.0555. The number of amides is 1. The molecule has 3 rings (SSSR count). The van der Waals surface area contributed by atoms with Crippen LogP contribution in [0.1, 0.15) is 39.0 Å². The number of aromatic nitrogens is 1. The van der Waals surface area contributed by atoms with Crippen LogP contribution >= 0.6 is 0 Å². The number of H-pyrrole nitrogens is 1. The predicted molar refractivity (Wildman–Crippen MR) is 101 cm³/mol. The summed E-state index contributed by atoms with van der Waals surface area (Å²) < 4.78 is 4.87. The molecule has 2 aromatic rings. The number of rotatable bonds is 4. The van der Waals surface area contributed by atoms with Gasteiger partial charge >= 0.3 is 5.97 Å². The summed E-state index contributed by atoms with van der Waals surface area (Å²) in [7, 11) is 1.36. The fourth-order valence-electron chi connectivity index (χ4n) is 3.48. The summed E-state index contributed by atoms with van der Waals surface area (Å²) in [5.74, 6) is -0.455. The highest BCUT2D eigenvalue weighted by molar-refractivity contribution is 6.00. The topological polar surface area (TPSA) is 65.6 Å². The van der Waals surface area contributed by atoms with Crippen LogP contribution in [0.15, 0.2) is 30.3 Å². The molecule has 0 bridgehead atoms. The summed E-state index contributed by atoms with van der Waals surface area (Å²) in [5, 5.41) is 0. The molecule has 0 spiro atoms. The smallest absolute Gasteiger partial charge is 0.339 e. The lowest BCUT2D eigenvalue weighted by molar-refractivity contribution is 0.0599. The number of hydrogen-bond donors (Lipinski definition) is 1. The lowest BCUT2D eigenvalue weighted by Gasteiger charge is -2.36. The van der Waals surface area contributed by atoms with Crippen molar-refractivity contribution in [1.29, 1.82) is 0 Å². The highest BCUT2D eigenvalue weighted by Gasteiger charge is 2.28. The molecule has 1 aliphatic heterocycles. The molecule has 0 aliphatic carbocycles. The number of nitrogens with one attached hydrogen (secondary N) is 1. The van der Waals surface area contributed by atoms with Crippen LogP contribution in [0, 0.1) is 6.92 Å². The van der Waals surface area contributed by atoms with Gasteiger partial charge in [0, 0.05) is 37.6 Å². The molecule has 1 aromatic carbocycles. The van der Waals surface area contributed by atoms with Crippen molar-refractivity contribution in [2.45, 2.75) is 20.3 Å². The molecule has 0 radical (unpaired) electrons. The Morgan fingerprint density at radius 1 is 1.12 bits per heavy atom. The maximum Gasteiger partial charge on any atom is 0.339 e. The molecule has 6 heteroatoms. The third-order valence-corrected chi connectivity index (χ3v) is 4.97. The molecule has 1 N–H and O–H groups in total. The number of anilines is 1. The molecule has 1 amide bonds. The van der Waals surface area contributed by atoms with Crippen molar-refractivity contribution in [3.8, 4) is 0 Å². The fraction of sp³-hybridized carbons (Fsp3) is 0.400. The highest BCUT2D eigenvalue weighted by atomic mass is 16.5. The molecule has 138 valence electrons.